The third kappa shape index (κ3) is 2.93. The highest BCUT2D eigenvalue weighted by Gasteiger charge is 2.37. The second kappa shape index (κ2) is 5.89. The van der Waals surface area contributed by atoms with Crippen LogP contribution in [0.25, 0.3) is 0 Å². The molecule has 1 atom stereocenters. The Morgan fingerprint density at radius 3 is 3.13 bits per heavy atom. The lowest BCUT2D eigenvalue weighted by Gasteiger charge is -2.34. The van der Waals surface area contributed by atoms with E-state index in [9.17, 15) is 4.79 Å². The Hall–Kier alpha value is -2.00. The number of hydrogen-bond acceptors (Lipinski definition) is 7. The molecule has 1 unspecified atom stereocenters. The van der Waals surface area contributed by atoms with Gasteiger partial charge in [0.15, 0.2) is 10.2 Å². The summed E-state index contributed by atoms with van der Waals surface area (Å²) in [6.45, 7) is 3.58. The molecule has 2 saturated heterocycles. The van der Waals surface area contributed by atoms with E-state index in [0.29, 0.717) is 13.2 Å². The number of piperazine rings is 1. The second-order valence-corrected chi connectivity index (χ2v) is 6.68. The van der Waals surface area contributed by atoms with Gasteiger partial charge in [0.2, 0.25) is 0 Å². The van der Waals surface area contributed by atoms with E-state index < -0.39 is 0 Å². The van der Waals surface area contributed by atoms with Gasteiger partial charge in [-0.3, -0.25) is 9.80 Å². The summed E-state index contributed by atoms with van der Waals surface area (Å²) < 4.78 is 12.8. The lowest BCUT2D eigenvalue weighted by atomic mass is 10.2. The number of cyclic esters (lactones) is 1. The number of carbonyl (C=O) groups excluding carboxylic acids is 1. The van der Waals surface area contributed by atoms with Gasteiger partial charge in [-0.15, -0.1) is 10.2 Å². The van der Waals surface area contributed by atoms with E-state index in [1.807, 2.05) is 28.6 Å². The monoisotopic (exact) mass is 335 g/mol. The van der Waals surface area contributed by atoms with Crippen LogP contribution in [-0.4, -0.2) is 62.9 Å². The number of furan rings is 1. The first-order valence-corrected chi connectivity index (χ1v) is 8.27. The van der Waals surface area contributed by atoms with Crippen LogP contribution in [-0.2, 0) is 18.3 Å². The van der Waals surface area contributed by atoms with Gasteiger partial charge in [0, 0.05) is 26.7 Å². The minimum absolute atomic E-state index is 0.165. The highest BCUT2D eigenvalue weighted by atomic mass is 32.2. The van der Waals surface area contributed by atoms with Crippen molar-refractivity contribution in [1.82, 2.24) is 24.6 Å². The molecule has 0 N–H and O–H groups in total. The lowest BCUT2D eigenvalue weighted by Crippen LogP contribution is -2.51. The van der Waals surface area contributed by atoms with Crippen LogP contribution in [0.5, 0.6) is 0 Å². The Kier molecular flexibility index (Phi) is 3.74. The van der Waals surface area contributed by atoms with Crippen LogP contribution < -0.4 is 0 Å². The van der Waals surface area contributed by atoms with Crippen molar-refractivity contribution in [2.75, 3.05) is 26.2 Å². The van der Waals surface area contributed by atoms with Gasteiger partial charge in [0.1, 0.15) is 18.7 Å². The molecule has 23 heavy (non-hydrogen) atoms. The molecule has 4 rings (SSSR count). The Balaban J connectivity index is 1.37. The van der Waals surface area contributed by atoms with E-state index in [2.05, 4.69) is 15.1 Å². The number of amides is 1. The highest BCUT2D eigenvalue weighted by Crippen LogP contribution is 2.28. The van der Waals surface area contributed by atoms with Gasteiger partial charge in [-0.2, -0.15) is 0 Å². The molecule has 0 spiro atoms. The van der Waals surface area contributed by atoms with Crippen molar-refractivity contribution in [1.29, 1.82) is 0 Å². The third-order valence-electron chi connectivity index (χ3n) is 4.08. The number of aromatic nitrogens is 3. The molecule has 9 heteroatoms. The number of ether oxygens (including phenoxy) is 1. The lowest BCUT2D eigenvalue weighted by molar-refractivity contribution is 0.109. The van der Waals surface area contributed by atoms with Crippen LogP contribution in [0.2, 0.25) is 0 Å². The maximum atomic E-state index is 11.5. The summed E-state index contributed by atoms with van der Waals surface area (Å²) in [5, 5.41) is 9.48. The Morgan fingerprint density at radius 2 is 2.30 bits per heavy atom. The minimum Gasteiger partial charge on any atom is -0.453 e. The number of carbonyl (C=O) groups is 1. The zero-order valence-corrected chi connectivity index (χ0v) is 13.5. The van der Waals surface area contributed by atoms with Crippen LogP contribution in [0, 0.1) is 0 Å². The first-order chi connectivity index (χ1) is 11.2. The maximum absolute atomic E-state index is 11.5. The molecular weight excluding hydrogens is 318 g/mol. The van der Waals surface area contributed by atoms with Gasteiger partial charge in [0.25, 0.3) is 0 Å². The van der Waals surface area contributed by atoms with Crippen LogP contribution in [0.15, 0.2) is 33.1 Å². The van der Waals surface area contributed by atoms with Crippen molar-refractivity contribution in [3.63, 3.8) is 0 Å². The number of nitrogens with zero attached hydrogens (tertiary/aromatic N) is 5. The van der Waals surface area contributed by atoms with Crippen LogP contribution in [0.3, 0.4) is 0 Å². The molecule has 0 aliphatic carbocycles. The Bertz CT molecular complexity index is 715. The van der Waals surface area contributed by atoms with Crippen molar-refractivity contribution in [3.8, 4) is 0 Å². The topological polar surface area (TPSA) is 76.6 Å². The molecule has 122 valence electrons. The first-order valence-electron chi connectivity index (χ1n) is 7.45. The molecule has 4 heterocycles. The van der Waals surface area contributed by atoms with E-state index in [4.69, 9.17) is 9.15 Å². The van der Waals surface area contributed by atoms with Crippen molar-refractivity contribution in [2.45, 2.75) is 22.8 Å². The van der Waals surface area contributed by atoms with Crippen LogP contribution in [0.1, 0.15) is 5.76 Å². The molecule has 0 saturated carbocycles. The second-order valence-electron chi connectivity index (χ2n) is 5.71. The fraction of sp³-hybridized carbons (Fsp3) is 0.500. The smallest absolute Gasteiger partial charge is 0.410 e. The van der Waals surface area contributed by atoms with Gasteiger partial charge >= 0.3 is 6.09 Å². The average Bonchev–Trinajstić information content (AvgIpc) is 3.23. The summed E-state index contributed by atoms with van der Waals surface area (Å²) in [7, 11) is 1.90. The van der Waals surface area contributed by atoms with Crippen molar-refractivity contribution < 1.29 is 13.9 Å². The van der Waals surface area contributed by atoms with E-state index in [-0.39, 0.29) is 12.1 Å². The number of aryl methyl sites for hydroxylation is 1. The van der Waals surface area contributed by atoms with Gasteiger partial charge < -0.3 is 13.7 Å². The summed E-state index contributed by atoms with van der Waals surface area (Å²) >= 11 is 1.45. The first kappa shape index (κ1) is 14.6. The summed E-state index contributed by atoms with van der Waals surface area (Å²) in [6.07, 6.45) is 1.48. The molecule has 8 nitrogen and oxygen atoms in total. The van der Waals surface area contributed by atoms with E-state index in [1.54, 1.807) is 6.33 Å². The molecule has 0 radical (unpaired) electrons. The number of fused-ring (bicyclic) bond motifs is 1. The van der Waals surface area contributed by atoms with Crippen LogP contribution >= 0.6 is 11.8 Å². The van der Waals surface area contributed by atoms with Gasteiger partial charge in [-0.1, -0.05) is 0 Å². The Labute approximate surface area is 137 Å². The summed E-state index contributed by atoms with van der Waals surface area (Å²) in [6, 6.07) is 4.10. The van der Waals surface area contributed by atoms with Crippen molar-refractivity contribution in [2.24, 2.45) is 7.05 Å². The molecule has 1 amide bonds. The molecule has 2 aromatic heterocycles. The fourth-order valence-electron chi connectivity index (χ4n) is 2.87. The number of hydrogen-bond donors (Lipinski definition) is 0. The molecule has 2 aliphatic heterocycles. The Morgan fingerprint density at radius 1 is 1.39 bits per heavy atom. The summed E-state index contributed by atoms with van der Waals surface area (Å²) in [5.74, 6) is 0.911. The molecule has 2 fully saturated rings. The summed E-state index contributed by atoms with van der Waals surface area (Å²) in [4.78, 5) is 15.6. The largest absolute Gasteiger partial charge is 0.453 e. The molecular formula is C14H17N5O3S. The predicted molar refractivity (Wildman–Crippen MR) is 81.0 cm³/mol. The summed E-state index contributed by atoms with van der Waals surface area (Å²) in [5.41, 5.74) is 0. The predicted octanol–water partition coefficient (Wildman–Crippen LogP) is 1.20. The number of rotatable bonds is 4. The molecule has 0 bridgehead atoms. The quantitative estimate of drug-likeness (QED) is 0.831. The SMILES string of the molecule is Cn1cnnc1Sc1ccc(CN2CCN3C(=O)OCC3C2)o1. The van der Waals surface area contributed by atoms with Crippen molar-refractivity contribution in [3.05, 3.63) is 24.2 Å². The van der Waals surface area contributed by atoms with E-state index >= 15 is 0 Å². The minimum atomic E-state index is -0.185. The van der Waals surface area contributed by atoms with Gasteiger partial charge in [-0.25, -0.2) is 4.79 Å². The standard InChI is InChI=1S/C14H17N5O3S/c1-17-9-15-16-13(17)23-12-3-2-11(22-12)7-18-4-5-19-10(6-18)8-21-14(19)20/h2-3,9-10H,4-8H2,1H3. The zero-order valence-electron chi connectivity index (χ0n) is 12.7. The van der Waals surface area contributed by atoms with Crippen LogP contribution in [0.4, 0.5) is 4.79 Å². The van der Waals surface area contributed by atoms with E-state index in [0.717, 1.165) is 35.6 Å². The van der Waals surface area contributed by atoms with Gasteiger partial charge in [0.05, 0.1) is 12.6 Å². The van der Waals surface area contributed by atoms with Crippen molar-refractivity contribution >= 4 is 17.9 Å². The van der Waals surface area contributed by atoms with Gasteiger partial charge in [-0.05, 0) is 23.9 Å². The molecule has 2 aromatic rings. The third-order valence-corrected chi connectivity index (χ3v) is 5.05. The van der Waals surface area contributed by atoms with E-state index in [1.165, 1.54) is 11.8 Å². The zero-order chi connectivity index (χ0) is 15.8. The molecule has 0 aromatic carbocycles. The maximum Gasteiger partial charge on any atom is 0.410 e. The highest BCUT2D eigenvalue weighted by molar-refractivity contribution is 7.99. The normalized spacial score (nSPS) is 21.5. The molecule has 2 aliphatic rings. The fourth-order valence-corrected chi connectivity index (χ4v) is 3.61. The average molecular weight is 335 g/mol.